The molecule has 4 nitrogen and oxygen atoms in total. The van der Waals surface area contributed by atoms with Gasteiger partial charge >= 0.3 is 0 Å². The van der Waals surface area contributed by atoms with Crippen LogP contribution >= 0.6 is 0 Å². The van der Waals surface area contributed by atoms with Crippen LogP contribution < -0.4 is 0 Å². The first-order valence-corrected chi connectivity index (χ1v) is 4.82. The summed E-state index contributed by atoms with van der Waals surface area (Å²) in [5, 5.41) is 0. The topological polar surface area (TPSA) is 34.5 Å². The number of morpholine rings is 1. The average Bonchev–Trinajstić information content (AvgIpc) is 2.72. The highest BCUT2D eigenvalue weighted by Gasteiger charge is 2.16. The Morgan fingerprint density at radius 1 is 1.21 bits per heavy atom. The minimum Gasteiger partial charge on any atom is -0.378 e. The molecule has 0 atom stereocenters. The SMILES string of the molecule is O=C(Cn1cccc1)N1CCOCC1. The predicted molar refractivity (Wildman–Crippen MR) is 51.8 cm³/mol. The molecule has 4 heteroatoms. The molecule has 76 valence electrons. The molecule has 14 heavy (non-hydrogen) atoms. The van der Waals surface area contributed by atoms with Crippen molar-refractivity contribution in [2.75, 3.05) is 26.3 Å². The Morgan fingerprint density at radius 3 is 2.50 bits per heavy atom. The van der Waals surface area contributed by atoms with Gasteiger partial charge in [0, 0.05) is 25.5 Å². The van der Waals surface area contributed by atoms with E-state index in [1.54, 1.807) is 0 Å². The van der Waals surface area contributed by atoms with E-state index in [1.807, 2.05) is 34.0 Å². The van der Waals surface area contributed by atoms with E-state index in [9.17, 15) is 4.79 Å². The number of ether oxygens (including phenoxy) is 1. The Balaban J connectivity index is 1.88. The molecule has 0 aliphatic carbocycles. The number of hydrogen-bond acceptors (Lipinski definition) is 2. The van der Waals surface area contributed by atoms with Crippen LogP contribution in [0.4, 0.5) is 0 Å². The quantitative estimate of drug-likeness (QED) is 0.680. The van der Waals surface area contributed by atoms with Crippen molar-refractivity contribution in [2.24, 2.45) is 0 Å². The van der Waals surface area contributed by atoms with Crippen molar-refractivity contribution < 1.29 is 9.53 Å². The smallest absolute Gasteiger partial charge is 0.242 e. The van der Waals surface area contributed by atoms with Crippen LogP contribution in [-0.2, 0) is 16.1 Å². The fraction of sp³-hybridized carbons (Fsp3) is 0.500. The second-order valence-electron chi connectivity index (χ2n) is 3.35. The normalized spacial score (nSPS) is 17.0. The van der Waals surface area contributed by atoms with Gasteiger partial charge in [0.1, 0.15) is 6.54 Å². The third kappa shape index (κ3) is 2.14. The van der Waals surface area contributed by atoms with Crippen LogP contribution in [0.3, 0.4) is 0 Å². The van der Waals surface area contributed by atoms with Crippen molar-refractivity contribution in [1.82, 2.24) is 9.47 Å². The largest absolute Gasteiger partial charge is 0.378 e. The monoisotopic (exact) mass is 194 g/mol. The molecule has 0 N–H and O–H groups in total. The van der Waals surface area contributed by atoms with Crippen molar-refractivity contribution >= 4 is 5.91 Å². The highest BCUT2D eigenvalue weighted by molar-refractivity contribution is 5.76. The van der Waals surface area contributed by atoms with Crippen LogP contribution in [-0.4, -0.2) is 41.7 Å². The molecule has 0 radical (unpaired) electrons. The third-order valence-corrected chi connectivity index (χ3v) is 2.35. The molecule has 0 saturated carbocycles. The second kappa shape index (κ2) is 4.28. The number of rotatable bonds is 2. The number of carbonyl (C=O) groups is 1. The molecule has 0 aromatic carbocycles. The minimum atomic E-state index is 0.171. The molecule has 1 fully saturated rings. The molecule has 2 rings (SSSR count). The molecule has 1 aromatic rings. The molecule has 0 spiro atoms. The van der Waals surface area contributed by atoms with Crippen LogP contribution in [0.2, 0.25) is 0 Å². The Hall–Kier alpha value is -1.29. The van der Waals surface area contributed by atoms with Gasteiger partial charge in [0.05, 0.1) is 13.2 Å². The molecule has 1 saturated heterocycles. The fourth-order valence-corrected chi connectivity index (χ4v) is 1.54. The molecular weight excluding hydrogens is 180 g/mol. The minimum absolute atomic E-state index is 0.171. The lowest BCUT2D eigenvalue weighted by Crippen LogP contribution is -2.42. The van der Waals surface area contributed by atoms with Crippen molar-refractivity contribution in [3.05, 3.63) is 24.5 Å². The van der Waals surface area contributed by atoms with E-state index in [-0.39, 0.29) is 5.91 Å². The maximum Gasteiger partial charge on any atom is 0.242 e. The van der Waals surface area contributed by atoms with Crippen LogP contribution in [0.25, 0.3) is 0 Å². The summed E-state index contributed by atoms with van der Waals surface area (Å²) in [6, 6.07) is 3.85. The molecule has 1 aromatic heterocycles. The highest BCUT2D eigenvalue weighted by Crippen LogP contribution is 2.00. The van der Waals surface area contributed by atoms with E-state index < -0.39 is 0 Å². The van der Waals surface area contributed by atoms with Gasteiger partial charge in [-0.2, -0.15) is 0 Å². The standard InChI is InChI=1S/C10H14N2O2/c13-10(9-11-3-1-2-4-11)12-5-7-14-8-6-12/h1-4H,5-9H2. The summed E-state index contributed by atoms with van der Waals surface area (Å²) in [5.74, 6) is 0.171. The van der Waals surface area contributed by atoms with Crippen molar-refractivity contribution in [3.8, 4) is 0 Å². The van der Waals surface area contributed by atoms with E-state index in [1.165, 1.54) is 0 Å². The zero-order valence-electron chi connectivity index (χ0n) is 8.06. The van der Waals surface area contributed by atoms with E-state index in [0.29, 0.717) is 19.8 Å². The van der Waals surface area contributed by atoms with Gasteiger partial charge in [0.25, 0.3) is 0 Å². The first-order chi connectivity index (χ1) is 6.86. The Bertz CT molecular complexity index is 289. The van der Waals surface area contributed by atoms with Crippen molar-refractivity contribution in [2.45, 2.75) is 6.54 Å². The van der Waals surface area contributed by atoms with E-state index in [4.69, 9.17) is 4.74 Å². The van der Waals surface area contributed by atoms with Crippen molar-refractivity contribution in [3.63, 3.8) is 0 Å². The number of nitrogens with zero attached hydrogens (tertiary/aromatic N) is 2. The Morgan fingerprint density at radius 2 is 1.86 bits per heavy atom. The van der Waals surface area contributed by atoms with Gasteiger partial charge in [-0.3, -0.25) is 4.79 Å². The zero-order chi connectivity index (χ0) is 9.80. The summed E-state index contributed by atoms with van der Waals surface area (Å²) in [4.78, 5) is 13.6. The van der Waals surface area contributed by atoms with Crippen LogP contribution in [0.1, 0.15) is 0 Å². The first kappa shape index (κ1) is 9.27. The van der Waals surface area contributed by atoms with Gasteiger partial charge in [0.15, 0.2) is 0 Å². The fourth-order valence-electron chi connectivity index (χ4n) is 1.54. The van der Waals surface area contributed by atoms with Gasteiger partial charge in [-0.15, -0.1) is 0 Å². The summed E-state index contributed by atoms with van der Waals surface area (Å²) in [6.07, 6.45) is 3.80. The number of aromatic nitrogens is 1. The predicted octanol–water partition coefficient (Wildman–Crippen LogP) is 0.347. The molecule has 0 bridgehead atoms. The highest BCUT2D eigenvalue weighted by atomic mass is 16.5. The van der Waals surface area contributed by atoms with E-state index in [2.05, 4.69) is 0 Å². The lowest BCUT2D eigenvalue weighted by atomic mass is 10.4. The van der Waals surface area contributed by atoms with Crippen molar-refractivity contribution in [1.29, 1.82) is 0 Å². The lowest BCUT2D eigenvalue weighted by Gasteiger charge is -2.26. The summed E-state index contributed by atoms with van der Waals surface area (Å²) in [6.45, 7) is 3.21. The number of carbonyl (C=O) groups excluding carboxylic acids is 1. The molecule has 0 unspecified atom stereocenters. The van der Waals surface area contributed by atoms with Crippen LogP contribution in [0, 0.1) is 0 Å². The molecule has 1 aliphatic heterocycles. The van der Waals surface area contributed by atoms with E-state index in [0.717, 1.165) is 13.1 Å². The Kier molecular flexibility index (Phi) is 2.84. The summed E-state index contributed by atoms with van der Waals surface area (Å²) < 4.78 is 7.07. The molecule has 1 aliphatic rings. The van der Waals surface area contributed by atoms with Gasteiger partial charge in [-0.05, 0) is 12.1 Å². The van der Waals surface area contributed by atoms with Gasteiger partial charge in [-0.25, -0.2) is 0 Å². The van der Waals surface area contributed by atoms with Crippen LogP contribution in [0.15, 0.2) is 24.5 Å². The summed E-state index contributed by atoms with van der Waals surface area (Å²) in [7, 11) is 0. The number of amides is 1. The van der Waals surface area contributed by atoms with Gasteiger partial charge in [0.2, 0.25) is 5.91 Å². The maximum absolute atomic E-state index is 11.7. The van der Waals surface area contributed by atoms with Crippen LogP contribution in [0.5, 0.6) is 0 Å². The maximum atomic E-state index is 11.7. The summed E-state index contributed by atoms with van der Waals surface area (Å²) in [5.41, 5.74) is 0. The lowest BCUT2D eigenvalue weighted by molar-refractivity contribution is -0.135. The van der Waals surface area contributed by atoms with E-state index >= 15 is 0 Å². The average molecular weight is 194 g/mol. The molecule has 1 amide bonds. The van der Waals surface area contributed by atoms with Gasteiger partial charge in [-0.1, -0.05) is 0 Å². The zero-order valence-corrected chi connectivity index (χ0v) is 8.06. The summed E-state index contributed by atoms with van der Waals surface area (Å²) >= 11 is 0. The molecule has 2 heterocycles. The third-order valence-electron chi connectivity index (χ3n) is 2.35. The Labute approximate surface area is 83.1 Å². The second-order valence-corrected chi connectivity index (χ2v) is 3.35. The number of hydrogen-bond donors (Lipinski definition) is 0. The molecular formula is C10H14N2O2. The first-order valence-electron chi connectivity index (χ1n) is 4.82. The van der Waals surface area contributed by atoms with Gasteiger partial charge < -0.3 is 14.2 Å².